The molecule has 2 aromatic carbocycles. The molecule has 5 nitrogen and oxygen atoms in total. The third-order valence-corrected chi connectivity index (χ3v) is 5.58. The van der Waals surface area contributed by atoms with Gasteiger partial charge in [0.2, 0.25) is 5.91 Å². The Morgan fingerprint density at radius 3 is 2.31 bits per heavy atom. The lowest BCUT2D eigenvalue weighted by molar-refractivity contribution is -0.138. The van der Waals surface area contributed by atoms with Crippen molar-refractivity contribution in [1.29, 1.82) is 5.26 Å². The molecule has 0 radical (unpaired) electrons. The van der Waals surface area contributed by atoms with Gasteiger partial charge in [0, 0.05) is 11.3 Å². The molecule has 0 unspecified atom stereocenters. The Balaban J connectivity index is 1.89. The smallest absolute Gasteiger partial charge is 0.417 e. The number of hydrogen-bond donors (Lipinski definition) is 1. The summed E-state index contributed by atoms with van der Waals surface area (Å²) in [5.74, 6) is -0.816. The first kappa shape index (κ1) is 25.9. The van der Waals surface area contributed by atoms with Crippen molar-refractivity contribution in [1.82, 2.24) is 4.98 Å². The molecule has 182 valence electrons. The molecule has 1 amide bonds. The van der Waals surface area contributed by atoms with Gasteiger partial charge in [-0.05, 0) is 48.5 Å². The first-order chi connectivity index (χ1) is 16.4. The predicted molar refractivity (Wildman–Crippen MR) is 117 cm³/mol. The highest BCUT2D eigenvalue weighted by atomic mass is 32.2. The Hall–Kier alpha value is -3.72. The average molecular weight is 511 g/mol. The SMILES string of the molecule is COc1ccc(-c2cc(C(F)(F)F)c(C#N)c(SCC(=O)Nc3cccc(C(F)(F)F)c3)n2)cc1. The third kappa shape index (κ3) is 6.45. The highest BCUT2D eigenvalue weighted by Crippen LogP contribution is 2.38. The summed E-state index contributed by atoms with van der Waals surface area (Å²) in [6.07, 6.45) is -9.48. The number of alkyl halides is 6. The maximum Gasteiger partial charge on any atom is 0.417 e. The van der Waals surface area contributed by atoms with E-state index in [1.807, 2.05) is 0 Å². The third-order valence-electron chi connectivity index (χ3n) is 4.60. The fraction of sp³-hybridized carbons (Fsp3) is 0.174. The topological polar surface area (TPSA) is 75.0 Å². The molecule has 0 fully saturated rings. The van der Waals surface area contributed by atoms with Crippen LogP contribution in [-0.4, -0.2) is 23.8 Å². The van der Waals surface area contributed by atoms with Crippen LogP contribution in [0.1, 0.15) is 16.7 Å². The van der Waals surface area contributed by atoms with Crippen LogP contribution in [0.25, 0.3) is 11.3 Å². The van der Waals surface area contributed by atoms with Crippen molar-refractivity contribution in [3.05, 3.63) is 71.3 Å². The van der Waals surface area contributed by atoms with E-state index in [0.717, 1.165) is 24.3 Å². The number of anilines is 1. The van der Waals surface area contributed by atoms with Crippen LogP contribution in [0.2, 0.25) is 0 Å². The molecule has 0 aliphatic rings. The van der Waals surface area contributed by atoms with Crippen LogP contribution in [0.4, 0.5) is 32.0 Å². The van der Waals surface area contributed by atoms with Crippen LogP contribution in [0, 0.1) is 11.3 Å². The minimum Gasteiger partial charge on any atom is -0.497 e. The molecule has 0 bridgehead atoms. The van der Waals surface area contributed by atoms with Crippen LogP contribution in [-0.2, 0) is 17.1 Å². The number of nitriles is 1. The van der Waals surface area contributed by atoms with Crippen molar-refractivity contribution >= 4 is 23.4 Å². The van der Waals surface area contributed by atoms with Gasteiger partial charge in [0.05, 0.1) is 35.2 Å². The molecule has 0 aliphatic heterocycles. The fourth-order valence-corrected chi connectivity index (χ4v) is 3.77. The Morgan fingerprint density at radius 2 is 1.74 bits per heavy atom. The molecule has 35 heavy (non-hydrogen) atoms. The van der Waals surface area contributed by atoms with Crippen LogP contribution in [0.15, 0.2) is 59.6 Å². The predicted octanol–water partition coefficient (Wildman–Crippen LogP) is 6.40. The molecule has 0 saturated heterocycles. The van der Waals surface area contributed by atoms with E-state index in [9.17, 15) is 36.4 Å². The van der Waals surface area contributed by atoms with Crippen molar-refractivity contribution in [3.63, 3.8) is 0 Å². The molecule has 1 N–H and O–H groups in total. The normalized spacial score (nSPS) is 11.6. The standard InChI is InChI=1S/C23H15F6N3O2S/c1-34-16-7-5-13(6-8-16)19-10-18(23(27,28)29)17(11-30)21(32-19)35-12-20(33)31-15-4-2-3-14(9-15)22(24,25)26/h2-10H,12H2,1H3,(H,31,33). The second kappa shape index (κ2) is 10.3. The largest absolute Gasteiger partial charge is 0.497 e. The maximum absolute atomic E-state index is 13.7. The Bertz CT molecular complexity index is 1270. The van der Waals surface area contributed by atoms with Crippen LogP contribution in [0.3, 0.4) is 0 Å². The monoisotopic (exact) mass is 511 g/mol. The summed E-state index contributed by atoms with van der Waals surface area (Å²) >= 11 is 0.563. The molecule has 0 saturated carbocycles. The van der Waals surface area contributed by atoms with Crippen molar-refractivity contribution in [2.75, 3.05) is 18.2 Å². The number of carbonyl (C=O) groups is 1. The van der Waals surface area contributed by atoms with Crippen LogP contribution < -0.4 is 10.1 Å². The first-order valence-electron chi connectivity index (χ1n) is 9.69. The molecule has 0 spiro atoms. The van der Waals surface area contributed by atoms with Crippen molar-refractivity contribution in [3.8, 4) is 23.1 Å². The zero-order chi connectivity index (χ0) is 25.8. The summed E-state index contributed by atoms with van der Waals surface area (Å²) in [4.78, 5) is 16.4. The molecule has 1 aromatic heterocycles. The highest BCUT2D eigenvalue weighted by Gasteiger charge is 2.36. The second-order valence-electron chi connectivity index (χ2n) is 6.99. The van der Waals surface area contributed by atoms with E-state index in [4.69, 9.17) is 4.74 Å². The fourth-order valence-electron chi connectivity index (χ4n) is 2.97. The van der Waals surface area contributed by atoms with Crippen molar-refractivity contribution in [2.24, 2.45) is 0 Å². The molecule has 0 aliphatic carbocycles. The van der Waals surface area contributed by atoms with Gasteiger partial charge in [-0.15, -0.1) is 0 Å². The van der Waals surface area contributed by atoms with Gasteiger partial charge >= 0.3 is 12.4 Å². The number of amides is 1. The minimum atomic E-state index is -4.87. The number of nitrogens with one attached hydrogen (secondary N) is 1. The van der Waals surface area contributed by atoms with Gasteiger partial charge in [-0.25, -0.2) is 4.98 Å². The number of nitrogens with zero attached hydrogens (tertiary/aromatic N) is 2. The average Bonchev–Trinajstić information content (AvgIpc) is 2.81. The Kier molecular flexibility index (Phi) is 7.60. The molecule has 1 heterocycles. The molecule has 3 rings (SSSR count). The Morgan fingerprint density at radius 1 is 1.06 bits per heavy atom. The number of halogens is 6. The Labute approximate surface area is 199 Å². The summed E-state index contributed by atoms with van der Waals surface area (Å²) in [7, 11) is 1.43. The molecular formula is C23H15F6N3O2S. The molecule has 3 aromatic rings. The summed E-state index contributed by atoms with van der Waals surface area (Å²) in [5.41, 5.74) is -2.86. The lowest BCUT2D eigenvalue weighted by atomic mass is 10.1. The van der Waals surface area contributed by atoms with Gasteiger partial charge in [0.15, 0.2) is 0 Å². The van der Waals surface area contributed by atoms with Crippen LogP contribution >= 0.6 is 11.8 Å². The van der Waals surface area contributed by atoms with Crippen LogP contribution in [0.5, 0.6) is 5.75 Å². The van der Waals surface area contributed by atoms with Crippen molar-refractivity contribution in [2.45, 2.75) is 17.4 Å². The van der Waals surface area contributed by atoms with Gasteiger partial charge in [-0.2, -0.15) is 31.6 Å². The molecule has 12 heteroatoms. The van der Waals surface area contributed by atoms with Gasteiger partial charge in [0.1, 0.15) is 16.8 Å². The van der Waals surface area contributed by atoms with Crippen molar-refractivity contribution < 1.29 is 35.9 Å². The number of thioether (sulfide) groups is 1. The van der Waals surface area contributed by atoms with Gasteiger partial charge in [-0.1, -0.05) is 17.8 Å². The number of carbonyl (C=O) groups excluding carboxylic acids is 1. The van der Waals surface area contributed by atoms with Gasteiger partial charge < -0.3 is 10.1 Å². The summed E-state index contributed by atoms with van der Waals surface area (Å²) < 4.78 is 84.6. The van der Waals surface area contributed by atoms with Gasteiger partial charge in [-0.3, -0.25) is 4.79 Å². The van der Waals surface area contributed by atoms with E-state index in [0.29, 0.717) is 23.1 Å². The van der Waals surface area contributed by atoms with E-state index in [1.54, 1.807) is 0 Å². The number of pyridine rings is 1. The second-order valence-corrected chi connectivity index (χ2v) is 7.95. The molecular weight excluding hydrogens is 496 g/mol. The number of hydrogen-bond acceptors (Lipinski definition) is 5. The maximum atomic E-state index is 13.7. The van der Waals surface area contributed by atoms with E-state index in [2.05, 4.69) is 10.3 Å². The number of methoxy groups -OCH3 is 1. The quantitative estimate of drug-likeness (QED) is 0.306. The van der Waals surface area contributed by atoms with E-state index in [-0.39, 0.29) is 16.4 Å². The number of benzene rings is 2. The lowest BCUT2D eigenvalue weighted by Crippen LogP contribution is -2.16. The molecule has 0 atom stereocenters. The lowest BCUT2D eigenvalue weighted by Gasteiger charge is -2.14. The zero-order valence-electron chi connectivity index (χ0n) is 17.8. The summed E-state index contributed by atoms with van der Waals surface area (Å²) in [6.45, 7) is 0. The first-order valence-corrected chi connectivity index (χ1v) is 10.7. The van der Waals surface area contributed by atoms with E-state index in [1.165, 1.54) is 43.5 Å². The number of rotatable bonds is 6. The van der Waals surface area contributed by atoms with E-state index >= 15 is 0 Å². The van der Waals surface area contributed by atoms with E-state index < -0.39 is 40.7 Å². The summed E-state index contributed by atoms with van der Waals surface area (Å²) in [6, 6.07) is 12.2. The highest BCUT2D eigenvalue weighted by molar-refractivity contribution is 8.00. The number of aromatic nitrogens is 1. The zero-order valence-corrected chi connectivity index (χ0v) is 18.6. The number of ether oxygens (including phenoxy) is 1. The minimum absolute atomic E-state index is 0.0836. The van der Waals surface area contributed by atoms with Gasteiger partial charge in [0.25, 0.3) is 0 Å². The summed E-state index contributed by atoms with van der Waals surface area (Å²) in [5, 5.41) is 11.3.